The zero-order valence-electron chi connectivity index (χ0n) is 23.1. The van der Waals surface area contributed by atoms with E-state index >= 15 is 0 Å². The van der Waals surface area contributed by atoms with Gasteiger partial charge in [0.25, 0.3) is 11.5 Å². The van der Waals surface area contributed by atoms with Crippen molar-refractivity contribution in [2.24, 2.45) is 5.10 Å². The average Bonchev–Trinajstić information content (AvgIpc) is 3.44. The van der Waals surface area contributed by atoms with E-state index in [4.69, 9.17) is 9.15 Å². The van der Waals surface area contributed by atoms with E-state index in [1.54, 1.807) is 48.5 Å². The Bertz CT molecular complexity index is 2170. The zero-order chi connectivity index (χ0) is 30.8. The molecule has 0 aliphatic rings. The quantitative estimate of drug-likeness (QED) is 0.110. The standard InChI is InChI=1S/C32H22BrN5O6/c1-19-6-2-4-8-24(19)35-30(39)18-43-28-12-10-20(14-26(28)38(41)42)17-34-37-31(36-25-9-5-3-7-23(25)32(37)40)29-16-21-15-22(33)11-13-27(21)44-29/h2-17H,18H2,1H3,(H,35,39). The minimum atomic E-state index is -0.617. The number of aromatic nitrogens is 2. The predicted octanol–water partition coefficient (Wildman–Crippen LogP) is 6.69. The number of hydrogen-bond donors (Lipinski definition) is 1. The van der Waals surface area contributed by atoms with Gasteiger partial charge in [0.1, 0.15) is 5.58 Å². The van der Waals surface area contributed by atoms with Gasteiger partial charge in [0.05, 0.1) is 22.0 Å². The molecule has 0 fully saturated rings. The zero-order valence-corrected chi connectivity index (χ0v) is 24.6. The van der Waals surface area contributed by atoms with Crippen molar-refractivity contribution >= 4 is 61.3 Å². The predicted molar refractivity (Wildman–Crippen MR) is 170 cm³/mol. The summed E-state index contributed by atoms with van der Waals surface area (Å²) in [6, 6.07) is 25.5. The molecule has 0 aliphatic carbocycles. The molecule has 2 aromatic heterocycles. The van der Waals surface area contributed by atoms with Gasteiger partial charge in [-0.1, -0.05) is 46.3 Å². The lowest BCUT2D eigenvalue weighted by Crippen LogP contribution is -2.21. The number of halogens is 1. The smallest absolute Gasteiger partial charge is 0.311 e. The number of furan rings is 1. The Morgan fingerprint density at radius 3 is 2.70 bits per heavy atom. The number of nitrogens with one attached hydrogen (secondary N) is 1. The molecule has 6 aromatic rings. The lowest BCUT2D eigenvalue weighted by Gasteiger charge is -2.10. The fraction of sp³-hybridized carbons (Fsp3) is 0.0625. The minimum absolute atomic E-state index is 0.0919. The molecule has 0 spiro atoms. The summed E-state index contributed by atoms with van der Waals surface area (Å²) in [5, 5.41) is 20.1. The number of benzene rings is 4. The third kappa shape index (κ3) is 5.83. The molecular formula is C32H22BrN5O6. The number of para-hydroxylation sites is 2. The summed E-state index contributed by atoms with van der Waals surface area (Å²) in [5.41, 5.74) is 2.04. The average molecular weight is 652 g/mol. The van der Waals surface area contributed by atoms with Gasteiger partial charge >= 0.3 is 5.69 Å². The summed E-state index contributed by atoms with van der Waals surface area (Å²) in [7, 11) is 0. The molecule has 0 saturated carbocycles. The topological polar surface area (TPSA) is 142 Å². The molecule has 44 heavy (non-hydrogen) atoms. The number of hydrogen-bond acceptors (Lipinski definition) is 8. The molecule has 218 valence electrons. The normalized spacial score (nSPS) is 11.3. The minimum Gasteiger partial charge on any atom is -0.477 e. The van der Waals surface area contributed by atoms with Crippen LogP contribution in [0.5, 0.6) is 5.75 Å². The Hall–Kier alpha value is -5.62. The van der Waals surface area contributed by atoms with Crippen LogP contribution in [0.15, 0.2) is 110 Å². The highest BCUT2D eigenvalue weighted by Crippen LogP contribution is 2.30. The number of carbonyl (C=O) groups is 1. The molecule has 0 unspecified atom stereocenters. The van der Waals surface area contributed by atoms with Gasteiger partial charge in [0, 0.05) is 27.2 Å². The summed E-state index contributed by atoms with van der Waals surface area (Å²) in [5.74, 6) is -0.0816. The second-order valence-corrected chi connectivity index (χ2v) is 10.7. The van der Waals surface area contributed by atoms with E-state index in [1.165, 1.54) is 24.4 Å². The van der Waals surface area contributed by atoms with E-state index in [9.17, 15) is 19.7 Å². The Morgan fingerprint density at radius 2 is 1.89 bits per heavy atom. The Labute approximate surface area is 257 Å². The van der Waals surface area contributed by atoms with Crippen molar-refractivity contribution < 1.29 is 18.9 Å². The SMILES string of the molecule is Cc1ccccc1NC(=O)COc1ccc(C=Nn2c(-c3cc4cc(Br)ccc4o3)nc3ccccc3c2=O)cc1[N+](=O)[O-]. The molecule has 4 aromatic carbocycles. The molecule has 0 bridgehead atoms. The fourth-order valence-corrected chi connectivity index (χ4v) is 4.94. The molecule has 6 rings (SSSR count). The van der Waals surface area contributed by atoms with Gasteiger partial charge in [0.15, 0.2) is 18.1 Å². The first-order chi connectivity index (χ1) is 21.3. The molecule has 0 saturated heterocycles. The number of fused-ring (bicyclic) bond motifs is 2. The van der Waals surface area contributed by atoms with Gasteiger partial charge in [0.2, 0.25) is 5.82 Å². The highest BCUT2D eigenvalue weighted by molar-refractivity contribution is 9.10. The molecule has 1 N–H and O–H groups in total. The summed E-state index contributed by atoms with van der Waals surface area (Å²) in [6.07, 6.45) is 1.31. The number of rotatable bonds is 8. The number of nitro benzene ring substituents is 1. The van der Waals surface area contributed by atoms with Crippen LogP contribution in [0, 0.1) is 17.0 Å². The summed E-state index contributed by atoms with van der Waals surface area (Å²) in [6.45, 7) is 1.42. The van der Waals surface area contributed by atoms with Crippen LogP contribution < -0.4 is 15.6 Å². The van der Waals surface area contributed by atoms with Crippen molar-refractivity contribution in [3.63, 3.8) is 0 Å². The monoisotopic (exact) mass is 651 g/mol. The molecule has 2 heterocycles. The van der Waals surface area contributed by atoms with Crippen molar-refractivity contribution in [2.45, 2.75) is 6.92 Å². The second-order valence-electron chi connectivity index (χ2n) is 9.74. The van der Waals surface area contributed by atoms with Crippen LogP contribution >= 0.6 is 15.9 Å². The molecule has 0 atom stereocenters. The Balaban J connectivity index is 1.32. The largest absolute Gasteiger partial charge is 0.477 e. The molecule has 0 aliphatic heterocycles. The van der Waals surface area contributed by atoms with Crippen LogP contribution in [-0.2, 0) is 4.79 Å². The molecule has 12 heteroatoms. The number of aryl methyl sites for hydroxylation is 1. The maximum atomic E-state index is 13.5. The summed E-state index contributed by atoms with van der Waals surface area (Å²) in [4.78, 5) is 41.9. The highest BCUT2D eigenvalue weighted by atomic mass is 79.9. The molecular weight excluding hydrogens is 630 g/mol. The van der Waals surface area contributed by atoms with Gasteiger partial charge in [-0.15, -0.1) is 0 Å². The Morgan fingerprint density at radius 1 is 1.09 bits per heavy atom. The van der Waals surface area contributed by atoms with E-state index < -0.39 is 23.0 Å². The van der Waals surface area contributed by atoms with Crippen molar-refractivity contribution in [1.82, 2.24) is 9.66 Å². The maximum absolute atomic E-state index is 13.5. The van der Waals surface area contributed by atoms with E-state index in [1.807, 2.05) is 31.2 Å². The number of nitrogens with zero attached hydrogens (tertiary/aromatic N) is 4. The lowest BCUT2D eigenvalue weighted by molar-refractivity contribution is -0.385. The highest BCUT2D eigenvalue weighted by Gasteiger charge is 2.19. The lowest BCUT2D eigenvalue weighted by atomic mass is 10.2. The van der Waals surface area contributed by atoms with Crippen LogP contribution in [-0.4, -0.2) is 33.3 Å². The van der Waals surface area contributed by atoms with E-state index in [0.717, 1.165) is 20.1 Å². The number of nitro groups is 1. The number of anilines is 1. The van der Waals surface area contributed by atoms with Crippen LogP contribution in [0.3, 0.4) is 0 Å². The first-order valence-electron chi connectivity index (χ1n) is 13.3. The third-order valence-corrected chi connectivity index (χ3v) is 7.23. The number of carbonyl (C=O) groups excluding carboxylic acids is 1. The van der Waals surface area contributed by atoms with Gasteiger partial charge in [-0.25, -0.2) is 4.98 Å². The fourth-order valence-electron chi connectivity index (χ4n) is 4.56. The Kier molecular flexibility index (Phi) is 7.73. The van der Waals surface area contributed by atoms with Crippen molar-refractivity contribution in [3.8, 4) is 17.3 Å². The van der Waals surface area contributed by atoms with E-state index in [0.29, 0.717) is 33.5 Å². The van der Waals surface area contributed by atoms with Crippen LogP contribution in [0.2, 0.25) is 0 Å². The van der Waals surface area contributed by atoms with E-state index in [2.05, 4.69) is 31.3 Å². The first-order valence-corrected chi connectivity index (χ1v) is 14.1. The van der Waals surface area contributed by atoms with Crippen LogP contribution in [0.1, 0.15) is 11.1 Å². The van der Waals surface area contributed by atoms with Crippen molar-refractivity contribution in [3.05, 3.63) is 127 Å². The van der Waals surface area contributed by atoms with Gasteiger partial charge in [-0.05, 0) is 67.1 Å². The molecule has 0 radical (unpaired) electrons. The number of ether oxygens (including phenoxy) is 1. The van der Waals surface area contributed by atoms with Crippen molar-refractivity contribution in [2.75, 3.05) is 11.9 Å². The molecule has 11 nitrogen and oxygen atoms in total. The van der Waals surface area contributed by atoms with Gasteiger partial charge in [-0.2, -0.15) is 9.78 Å². The van der Waals surface area contributed by atoms with E-state index in [-0.39, 0.29) is 17.3 Å². The summed E-state index contributed by atoms with van der Waals surface area (Å²) >= 11 is 3.45. The van der Waals surface area contributed by atoms with Gasteiger partial charge in [-0.3, -0.25) is 19.7 Å². The van der Waals surface area contributed by atoms with Crippen LogP contribution in [0.25, 0.3) is 33.5 Å². The summed E-state index contributed by atoms with van der Waals surface area (Å²) < 4.78 is 13.5. The first kappa shape index (κ1) is 28.5. The van der Waals surface area contributed by atoms with Crippen molar-refractivity contribution in [1.29, 1.82) is 0 Å². The van der Waals surface area contributed by atoms with Crippen LogP contribution in [0.4, 0.5) is 11.4 Å². The van der Waals surface area contributed by atoms with Gasteiger partial charge < -0.3 is 14.5 Å². The number of amides is 1. The maximum Gasteiger partial charge on any atom is 0.311 e. The third-order valence-electron chi connectivity index (χ3n) is 6.73. The second kappa shape index (κ2) is 11.9. The molecule has 1 amide bonds.